The predicted molar refractivity (Wildman–Crippen MR) is 365 cm³/mol. The zero-order valence-electron chi connectivity index (χ0n) is 51.9. The standard InChI is InChI=1S/C25H17F3N6O2.C25H19FN6O2.C21H12ClF3N4O2/c26-25(27,28)16-3-1-4-17(9-16)32-24(35)33-18-5-2-6-19(10-18)36-20-7-8-21-22(11-20)34-23(14-29-21)15-12-30-31-13-15;1-32-15-16(13-28-32)24-14-27-22-9-8-21(12-23(22)31-24)34-20-7-3-6-19(11-20)30-25(33)29-18-5-2-4-17(26)10-18;22-11-2-1-3-12(8-11)28-21(30)29-17-10-14(23)18(24)20(19(17)25)31-13-4-5-15-16(9-13)27-7-6-26-15/h1-14H,(H,30,31)(H2,32,33,35);2-15H,1H3,(H2,29,30,33);1-10H,(H2,28,29,30). The molecule has 30 heteroatoms. The lowest BCUT2D eigenvalue weighted by Crippen LogP contribution is -2.20. The molecule has 6 amide bonds. The number of aromatic nitrogens is 10. The molecule has 0 bridgehead atoms. The second kappa shape index (κ2) is 30.2. The van der Waals surface area contributed by atoms with Gasteiger partial charge in [-0.25, -0.2) is 37.5 Å². The molecule has 22 nitrogen and oxygen atoms in total. The molecule has 0 radical (unpaired) electrons. The lowest BCUT2D eigenvalue weighted by molar-refractivity contribution is -0.137. The van der Waals surface area contributed by atoms with Gasteiger partial charge in [0, 0.05) is 113 Å². The van der Waals surface area contributed by atoms with Crippen molar-refractivity contribution in [3.05, 3.63) is 265 Å². The van der Waals surface area contributed by atoms with Gasteiger partial charge in [0.25, 0.3) is 0 Å². The number of nitrogens with zero attached hydrogens (tertiary/aromatic N) is 9. The first-order valence-corrected chi connectivity index (χ1v) is 30.2. The van der Waals surface area contributed by atoms with E-state index >= 15 is 0 Å². The Bertz CT molecular complexity index is 5390. The molecule has 5 aromatic heterocycles. The number of halogens is 8. The second-order valence-electron chi connectivity index (χ2n) is 21.5. The number of benzene rings is 9. The maximum absolute atomic E-state index is 14.9. The fourth-order valence-electron chi connectivity index (χ4n) is 9.54. The third-order valence-electron chi connectivity index (χ3n) is 14.1. The van der Waals surface area contributed by atoms with Gasteiger partial charge in [-0.15, -0.1) is 0 Å². The fraction of sp³-hybridized carbons (Fsp3) is 0.0282. The number of aromatic amines is 1. The zero-order valence-corrected chi connectivity index (χ0v) is 52.7. The van der Waals surface area contributed by atoms with Crippen LogP contribution in [-0.2, 0) is 13.2 Å². The number of hydrogen-bond donors (Lipinski definition) is 7. The summed E-state index contributed by atoms with van der Waals surface area (Å²) in [5.41, 5.74) is 6.87. The average Bonchev–Trinajstić information content (AvgIpc) is 1.38. The number of fused-ring (bicyclic) bond motifs is 3. The molecule has 0 saturated carbocycles. The summed E-state index contributed by atoms with van der Waals surface area (Å²) in [4.78, 5) is 63.0. The maximum atomic E-state index is 14.9. The number of alkyl halides is 3. The highest BCUT2D eigenvalue weighted by Crippen LogP contribution is 2.36. The molecule has 101 heavy (non-hydrogen) atoms. The monoisotopic (exact) mass is 1390 g/mol. The van der Waals surface area contributed by atoms with Crippen molar-refractivity contribution in [1.29, 1.82) is 0 Å². The lowest BCUT2D eigenvalue weighted by Gasteiger charge is -2.13. The second-order valence-corrected chi connectivity index (χ2v) is 21.9. The van der Waals surface area contributed by atoms with Gasteiger partial charge in [-0.05, 0) is 115 Å². The number of aryl methyl sites for hydroxylation is 1. The minimum atomic E-state index is -4.50. The van der Waals surface area contributed by atoms with Crippen molar-refractivity contribution in [3.63, 3.8) is 0 Å². The molecule has 14 rings (SSSR count). The smallest absolute Gasteiger partial charge is 0.416 e. The Labute approximate surface area is 571 Å². The van der Waals surface area contributed by atoms with Crippen molar-refractivity contribution < 1.29 is 59.3 Å². The Morgan fingerprint density at radius 2 is 0.950 bits per heavy atom. The van der Waals surface area contributed by atoms with Crippen LogP contribution in [0, 0.1) is 23.3 Å². The predicted octanol–water partition coefficient (Wildman–Crippen LogP) is 18.2. The van der Waals surface area contributed by atoms with Gasteiger partial charge in [-0.3, -0.25) is 29.7 Å². The van der Waals surface area contributed by atoms with Crippen LogP contribution in [0.3, 0.4) is 0 Å². The molecule has 0 unspecified atom stereocenters. The minimum absolute atomic E-state index is 0.00530. The Morgan fingerprint density at radius 3 is 1.50 bits per heavy atom. The molecule has 0 fully saturated rings. The van der Waals surface area contributed by atoms with E-state index in [2.05, 4.69) is 77.1 Å². The first-order chi connectivity index (χ1) is 48.7. The summed E-state index contributed by atoms with van der Waals surface area (Å²) in [7, 11) is 1.85. The van der Waals surface area contributed by atoms with Gasteiger partial charge in [0.15, 0.2) is 11.6 Å². The number of hydrogen-bond acceptors (Lipinski definition) is 14. The number of carbonyl (C=O) groups excluding carboxylic acids is 3. The summed E-state index contributed by atoms with van der Waals surface area (Å²) in [6.07, 6.45) is 8.78. The molecule has 0 saturated heterocycles. The number of H-pyrrole nitrogens is 1. The highest BCUT2D eigenvalue weighted by atomic mass is 35.5. The normalized spacial score (nSPS) is 10.9. The van der Waals surface area contributed by atoms with Crippen molar-refractivity contribution in [2.24, 2.45) is 7.05 Å². The lowest BCUT2D eigenvalue weighted by atomic mass is 10.2. The van der Waals surface area contributed by atoms with Gasteiger partial charge in [0.2, 0.25) is 11.6 Å². The Morgan fingerprint density at radius 1 is 0.465 bits per heavy atom. The number of urea groups is 3. The first kappa shape index (κ1) is 67.4. The Hall–Kier alpha value is -13.6. The van der Waals surface area contributed by atoms with E-state index in [-0.39, 0.29) is 11.4 Å². The summed E-state index contributed by atoms with van der Waals surface area (Å²) in [6, 6.07) is 43.3. The van der Waals surface area contributed by atoms with Crippen molar-refractivity contribution in [2.75, 3.05) is 31.9 Å². The number of rotatable bonds is 14. The minimum Gasteiger partial charge on any atom is -0.457 e. The number of ether oxygens (including phenoxy) is 3. The van der Waals surface area contributed by atoms with Crippen LogP contribution in [0.25, 0.3) is 55.6 Å². The first-order valence-electron chi connectivity index (χ1n) is 29.8. The van der Waals surface area contributed by atoms with Crippen molar-refractivity contribution in [1.82, 2.24) is 49.9 Å². The molecule has 5 heterocycles. The molecular formula is C71H48ClF7N16O6. The van der Waals surface area contributed by atoms with E-state index in [1.54, 1.807) is 139 Å². The summed E-state index contributed by atoms with van der Waals surface area (Å²) in [6.45, 7) is 0. The van der Waals surface area contributed by atoms with Crippen molar-refractivity contribution in [2.45, 2.75) is 6.18 Å². The van der Waals surface area contributed by atoms with Crippen LogP contribution < -0.4 is 46.1 Å². The number of carbonyl (C=O) groups is 3. The Kier molecular flexibility index (Phi) is 20.2. The van der Waals surface area contributed by atoms with Gasteiger partial charge in [-0.1, -0.05) is 41.9 Å². The molecule has 7 N–H and O–H groups in total. The average molecular weight is 1390 g/mol. The number of anilines is 6. The van der Waals surface area contributed by atoms with Gasteiger partial charge in [0.1, 0.15) is 34.6 Å². The molecule has 0 spiro atoms. The number of nitrogens with one attached hydrogen (secondary N) is 7. The van der Waals surface area contributed by atoms with Crippen LogP contribution in [0.5, 0.6) is 34.5 Å². The van der Waals surface area contributed by atoms with E-state index in [9.17, 15) is 45.1 Å². The highest BCUT2D eigenvalue weighted by molar-refractivity contribution is 6.31. The fourth-order valence-corrected chi connectivity index (χ4v) is 9.73. The van der Waals surface area contributed by atoms with E-state index in [0.717, 1.165) is 28.8 Å². The van der Waals surface area contributed by atoms with E-state index in [0.29, 0.717) is 95.8 Å². The third-order valence-corrected chi connectivity index (χ3v) is 14.3. The molecule has 504 valence electrons. The molecule has 0 aliphatic carbocycles. The van der Waals surface area contributed by atoms with Crippen LogP contribution >= 0.6 is 11.6 Å². The third kappa shape index (κ3) is 17.7. The van der Waals surface area contributed by atoms with E-state index < -0.39 is 64.5 Å². The summed E-state index contributed by atoms with van der Waals surface area (Å²) >= 11 is 5.84. The largest absolute Gasteiger partial charge is 0.457 e. The topological polar surface area (TPSA) is 275 Å². The van der Waals surface area contributed by atoms with E-state index in [1.807, 2.05) is 19.3 Å². The Balaban J connectivity index is 0.000000144. The molecule has 9 aromatic carbocycles. The van der Waals surface area contributed by atoms with E-state index in [4.69, 9.17) is 25.8 Å². The van der Waals surface area contributed by atoms with Crippen LogP contribution in [-0.4, -0.2) is 68.0 Å². The van der Waals surface area contributed by atoms with Crippen LogP contribution in [0.2, 0.25) is 5.02 Å². The zero-order chi connectivity index (χ0) is 70.6. The summed E-state index contributed by atoms with van der Waals surface area (Å²) in [5, 5.41) is 26.0. The van der Waals surface area contributed by atoms with E-state index in [1.165, 1.54) is 67.0 Å². The van der Waals surface area contributed by atoms with Crippen LogP contribution in [0.1, 0.15) is 5.56 Å². The van der Waals surface area contributed by atoms with Gasteiger partial charge in [-0.2, -0.15) is 27.8 Å². The summed E-state index contributed by atoms with van der Waals surface area (Å²) in [5.74, 6) is -3.64. The van der Waals surface area contributed by atoms with Gasteiger partial charge in [0.05, 0.1) is 80.5 Å². The highest BCUT2D eigenvalue weighted by Gasteiger charge is 2.31. The molecule has 0 aliphatic heterocycles. The van der Waals surface area contributed by atoms with Crippen LogP contribution in [0.15, 0.2) is 232 Å². The van der Waals surface area contributed by atoms with Crippen molar-refractivity contribution in [3.8, 4) is 57.0 Å². The van der Waals surface area contributed by atoms with Gasteiger partial charge >= 0.3 is 24.3 Å². The molecule has 0 atom stereocenters. The maximum Gasteiger partial charge on any atom is 0.416 e. The van der Waals surface area contributed by atoms with Crippen LogP contribution in [0.4, 0.5) is 79.2 Å². The van der Waals surface area contributed by atoms with Gasteiger partial charge < -0.3 is 46.1 Å². The SMILES string of the molecule is Cn1cc(-c2cnc3ccc(Oc4cccc(NC(=O)Nc5cccc(F)c5)c4)cc3n2)cn1.O=C(Nc1cccc(Cl)c1)Nc1cc(F)c(F)c(Oc2ccc3nccnc3c2)c1F.O=C(Nc1cccc(Oc2ccc3ncc(-c4cn[nH]c4)nc3c2)c1)Nc1cccc(C(F)(F)F)c1. The quantitative estimate of drug-likeness (QED) is 0.0394. The molecule has 14 aromatic rings. The molecular weight excluding hydrogens is 1340 g/mol. The molecule has 0 aliphatic rings. The number of amides is 6. The summed E-state index contributed by atoms with van der Waals surface area (Å²) < 4.78 is 114. The van der Waals surface area contributed by atoms with Crippen molar-refractivity contribution >= 4 is 96.9 Å².